The van der Waals surface area contributed by atoms with Gasteiger partial charge >= 0.3 is 6.61 Å². The molecule has 21 heavy (non-hydrogen) atoms. The lowest BCUT2D eigenvalue weighted by Crippen LogP contribution is -2.34. The van der Waals surface area contributed by atoms with Crippen LogP contribution in [0.25, 0.3) is 0 Å². The number of alkyl halides is 2. The second kappa shape index (κ2) is 7.24. The summed E-state index contributed by atoms with van der Waals surface area (Å²) in [5, 5.41) is 5.70. The van der Waals surface area contributed by atoms with E-state index in [2.05, 4.69) is 15.4 Å². The highest BCUT2D eigenvalue weighted by atomic mass is 35.5. The summed E-state index contributed by atoms with van der Waals surface area (Å²) in [5.41, 5.74) is 0.357. The van der Waals surface area contributed by atoms with Gasteiger partial charge in [0.1, 0.15) is 0 Å². The molecule has 116 valence electrons. The Morgan fingerprint density at radius 2 is 1.86 bits per heavy atom. The number of ether oxygens (including phenoxy) is 1. The summed E-state index contributed by atoms with van der Waals surface area (Å²) in [7, 11) is 0. The Morgan fingerprint density at radius 3 is 2.38 bits per heavy atom. The second-order valence-electron chi connectivity index (χ2n) is 4.66. The molecule has 1 fully saturated rings. The third-order valence-corrected chi connectivity index (χ3v) is 3.74. The van der Waals surface area contributed by atoms with Crippen molar-refractivity contribution in [3.05, 3.63) is 22.2 Å². The van der Waals surface area contributed by atoms with Crippen LogP contribution in [0.3, 0.4) is 0 Å². The smallest absolute Gasteiger partial charge is 0.387 e. The van der Waals surface area contributed by atoms with Crippen LogP contribution in [0.15, 0.2) is 12.1 Å². The van der Waals surface area contributed by atoms with Crippen LogP contribution in [0, 0.1) is 5.92 Å². The Labute approximate surface area is 130 Å². The maximum Gasteiger partial charge on any atom is 0.387 e. The second-order valence-corrected chi connectivity index (χ2v) is 5.48. The normalized spacial score (nSPS) is 16.0. The van der Waals surface area contributed by atoms with E-state index in [1.54, 1.807) is 0 Å². The molecule has 0 bridgehead atoms. The van der Waals surface area contributed by atoms with Gasteiger partial charge in [0.15, 0.2) is 5.75 Å². The zero-order valence-corrected chi connectivity index (χ0v) is 12.5. The number of benzene rings is 1. The van der Waals surface area contributed by atoms with Crippen LogP contribution in [-0.2, 0) is 4.79 Å². The Morgan fingerprint density at radius 1 is 1.29 bits per heavy atom. The number of hydrogen-bond acceptors (Lipinski definition) is 3. The van der Waals surface area contributed by atoms with Crippen LogP contribution >= 0.6 is 23.2 Å². The minimum Gasteiger partial charge on any atom is -0.432 e. The fourth-order valence-electron chi connectivity index (χ4n) is 2.16. The first kappa shape index (κ1) is 16.3. The van der Waals surface area contributed by atoms with Gasteiger partial charge in [-0.05, 0) is 38.1 Å². The summed E-state index contributed by atoms with van der Waals surface area (Å²) in [4.78, 5) is 12.1. The highest BCUT2D eigenvalue weighted by Gasteiger charge is 2.22. The van der Waals surface area contributed by atoms with Crippen molar-refractivity contribution < 1.29 is 18.3 Å². The molecular weight excluding hydrogens is 325 g/mol. The first-order valence-corrected chi connectivity index (χ1v) is 7.18. The van der Waals surface area contributed by atoms with E-state index in [1.807, 2.05) is 0 Å². The van der Waals surface area contributed by atoms with Crippen LogP contribution in [0.2, 0.25) is 10.0 Å². The van der Waals surface area contributed by atoms with Crippen molar-refractivity contribution in [1.29, 1.82) is 0 Å². The van der Waals surface area contributed by atoms with Crippen molar-refractivity contribution in [1.82, 2.24) is 5.32 Å². The summed E-state index contributed by atoms with van der Waals surface area (Å²) in [6.45, 7) is -1.43. The molecule has 1 amide bonds. The van der Waals surface area contributed by atoms with Gasteiger partial charge in [-0.1, -0.05) is 23.2 Å². The minimum absolute atomic E-state index is 0.0802. The predicted octanol–water partition coefficient (Wildman–Crippen LogP) is 3.53. The van der Waals surface area contributed by atoms with Crippen molar-refractivity contribution in [2.45, 2.75) is 19.5 Å². The Bertz CT molecular complexity index is 500. The largest absolute Gasteiger partial charge is 0.432 e. The lowest BCUT2D eigenvalue weighted by Gasteiger charge is -2.22. The van der Waals surface area contributed by atoms with Crippen molar-refractivity contribution >= 4 is 34.8 Å². The number of carbonyl (C=O) groups excluding carboxylic acids is 1. The van der Waals surface area contributed by atoms with Gasteiger partial charge in [0, 0.05) is 11.6 Å². The van der Waals surface area contributed by atoms with Crippen molar-refractivity contribution in [2.24, 2.45) is 5.92 Å². The number of carbonyl (C=O) groups is 1. The van der Waals surface area contributed by atoms with E-state index >= 15 is 0 Å². The van der Waals surface area contributed by atoms with Gasteiger partial charge in [0.2, 0.25) is 5.91 Å². The molecule has 4 nitrogen and oxygen atoms in total. The van der Waals surface area contributed by atoms with Gasteiger partial charge in [-0.2, -0.15) is 8.78 Å². The number of halogens is 4. The number of hydrogen-bond donors (Lipinski definition) is 2. The molecule has 1 aliphatic rings. The molecule has 0 aromatic heterocycles. The van der Waals surface area contributed by atoms with Gasteiger partial charge in [0.25, 0.3) is 0 Å². The molecule has 0 radical (unpaired) electrons. The maximum atomic E-state index is 12.2. The average molecular weight is 339 g/mol. The summed E-state index contributed by atoms with van der Waals surface area (Å²) in [6.07, 6.45) is 1.50. The number of amides is 1. The lowest BCUT2D eigenvalue weighted by atomic mass is 9.97. The minimum atomic E-state index is -3.02. The highest BCUT2D eigenvalue weighted by molar-refractivity contribution is 6.37. The fourth-order valence-corrected chi connectivity index (χ4v) is 2.74. The average Bonchev–Trinajstić information content (AvgIpc) is 2.43. The molecule has 0 aliphatic carbocycles. The number of anilines is 1. The molecule has 1 heterocycles. The fraction of sp³-hybridized carbons (Fsp3) is 0.462. The monoisotopic (exact) mass is 338 g/mol. The summed E-state index contributed by atoms with van der Waals surface area (Å²) in [5.74, 6) is -0.514. The van der Waals surface area contributed by atoms with Crippen LogP contribution < -0.4 is 15.4 Å². The van der Waals surface area contributed by atoms with E-state index in [1.165, 1.54) is 12.1 Å². The molecule has 1 saturated heterocycles. The lowest BCUT2D eigenvalue weighted by molar-refractivity contribution is -0.120. The van der Waals surface area contributed by atoms with Gasteiger partial charge in [-0.25, -0.2) is 0 Å². The van der Waals surface area contributed by atoms with E-state index < -0.39 is 6.61 Å². The molecule has 0 unspecified atom stereocenters. The Hall–Kier alpha value is -1.11. The van der Waals surface area contributed by atoms with E-state index in [9.17, 15) is 13.6 Å². The first-order valence-electron chi connectivity index (χ1n) is 6.43. The predicted molar refractivity (Wildman–Crippen MR) is 77.3 cm³/mol. The highest BCUT2D eigenvalue weighted by Crippen LogP contribution is 2.37. The summed E-state index contributed by atoms with van der Waals surface area (Å²) < 4.78 is 28.7. The van der Waals surface area contributed by atoms with Crippen molar-refractivity contribution in [2.75, 3.05) is 18.4 Å². The molecule has 1 aromatic carbocycles. The maximum absolute atomic E-state index is 12.2. The molecule has 8 heteroatoms. The van der Waals surface area contributed by atoms with E-state index in [4.69, 9.17) is 23.2 Å². The van der Waals surface area contributed by atoms with Gasteiger partial charge in [0.05, 0.1) is 10.0 Å². The number of rotatable bonds is 4. The summed E-state index contributed by atoms with van der Waals surface area (Å²) >= 11 is 11.7. The van der Waals surface area contributed by atoms with Crippen molar-refractivity contribution in [3.63, 3.8) is 0 Å². The molecule has 0 saturated carbocycles. The molecule has 2 N–H and O–H groups in total. The number of piperidine rings is 1. The van der Waals surface area contributed by atoms with Gasteiger partial charge in [-0.15, -0.1) is 0 Å². The molecule has 0 atom stereocenters. The van der Waals surface area contributed by atoms with Crippen LogP contribution in [-0.4, -0.2) is 25.6 Å². The third kappa shape index (κ3) is 4.43. The van der Waals surface area contributed by atoms with E-state index in [0.717, 1.165) is 25.9 Å². The molecule has 1 aliphatic heterocycles. The Kier molecular flexibility index (Phi) is 5.61. The molecule has 0 spiro atoms. The molecular formula is C13H14Cl2F2N2O2. The van der Waals surface area contributed by atoms with Crippen molar-refractivity contribution in [3.8, 4) is 5.75 Å². The van der Waals surface area contributed by atoms with Crippen LogP contribution in [0.1, 0.15) is 12.8 Å². The topological polar surface area (TPSA) is 50.4 Å². The standard InChI is InChI=1S/C13H14Cl2F2N2O2/c14-9-5-8(6-10(15)11(9)21-13(16)17)19-12(20)7-1-3-18-4-2-7/h5-7,13,18H,1-4H2,(H,19,20). The van der Waals surface area contributed by atoms with Gasteiger partial charge in [-0.3, -0.25) is 4.79 Å². The van der Waals surface area contributed by atoms with Crippen LogP contribution in [0.4, 0.5) is 14.5 Å². The van der Waals surface area contributed by atoms with Gasteiger partial charge < -0.3 is 15.4 Å². The zero-order chi connectivity index (χ0) is 15.4. The molecule has 2 rings (SSSR count). The van der Waals surface area contributed by atoms with E-state index in [-0.39, 0.29) is 27.6 Å². The third-order valence-electron chi connectivity index (χ3n) is 3.18. The summed E-state index contributed by atoms with van der Waals surface area (Å²) in [6, 6.07) is 2.67. The van der Waals surface area contributed by atoms with E-state index in [0.29, 0.717) is 5.69 Å². The first-order chi connectivity index (χ1) is 9.97. The zero-order valence-electron chi connectivity index (χ0n) is 11.0. The number of nitrogens with one attached hydrogen (secondary N) is 2. The molecule has 1 aromatic rings. The SMILES string of the molecule is O=C(Nc1cc(Cl)c(OC(F)F)c(Cl)c1)C1CCNCC1. The Balaban J connectivity index is 2.08. The quantitative estimate of drug-likeness (QED) is 0.882. The van der Waals surface area contributed by atoms with Crippen LogP contribution in [0.5, 0.6) is 5.75 Å².